The first kappa shape index (κ1) is 19.6. The normalized spacial score (nSPS) is 25.2. The summed E-state index contributed by atoms with van der Waals surface area (Å²) in [5.41, 5.74) is 1.08. The molecule has 138 valence electrons. The van der Waals surface area contributed by atoms with Crippen molar-refractivity contribution in [2.75, 3.05) is 0 Å². The zero-order valence-corrected chi connectivity index (χ0v) is 15.7. The van der Waals surface area contributed by atoms with Gasteiger partial charge in [0.05, 0.1) is 0 Å². The van der Waals surface area contributed by atoms with Crippen molar-refractivity contribution in [3.63, 3.8) is 0 Å². The molecule has 4 atom stereocenters. The molecule has 1 aliphatic carbocycles. The number of ether oxygens (including phenoxy) is 1. The highest BCUT2D eigenvalue weighted by Gasteiger charge is 2.42. The number of benzene rings is 1. The third-order valence-corrected chi connectivity index (χ3v) is 5.52. The van der Waals surface area contributed by atoms with Gasteiger partial charge in [0.15, 0.2) is 6.10 Å². The van der Waals surface area contributed by atoms with Crippen molar-refractivity contribution < 1.29 is 19.4 Å². The first-order valence-corrected chi connectivity index (χ1v) is 9.15. The Morgan fingerprint density at radius 3 is 2.48 bits per heavy atom. The quantitative estimate of drug-likeness (QED) is 0.799. The van der Waals surface area contributed by atoms with Gasteiger partial charge < -0.3 is 9.84 Å². The third-order valence-electron chi connectivity index (χ3n) is 5.52. The van der Waals surface area contributed by atoms with E-state index in [0.717, 1.165) is 19.3 Å². The molecule has 1 aromatic rings. The Bertz CT molecular complexity index is 593. The lowest BCUT2D eigenvalue weighted by molar-refractivity contribution is -0.167. The number of carbonyl (C=O) groups excluding carboxylic acids is 2. The maximum Gasteiger partial charge on any atom is 0.335 e. The van der Waals surface area contributed by atoms with Crippen LogP contribution in [0.2, 0.25) is 0 Å². The molecule has 3 unspecified atom stereocenters. The lowest BCUT2D eigenvalue weighted by Gasteiger charge is -2.44. The van der Waals surface area contributed by atoms with E-state index in [1.54, 1.807) is 0 Å². The zero-order valence-electron chi connectivity index (χ0n) is 15.7. The molecule has 4 nitrogen and oxygen atoms in total. The van der Waals surface area contributed by atoms with E-state index in [4.69, 9.17) is 4.74 Å². The molecule has 4 heteroatoms. The van der Waals surface area contributed by atoms with Gasteiger partial charge in [-0.1, -0.05) is 57.5 Å². The highest BCUT2D eigenvalue weighted by molar-refractivity contribution is 5.84. The summed E-state index contributed by atoms with van der Waals surface area (Å²) in [7, 11) is 0. The van der Waals surface area contributed by atoms with Crippen LogP contribution in [-0.4, -0.2) is 29.1 Å². The average Bonchev–Trinajstić information content (AvgIpc) is 2.54. The number of aliphatic hydroxyl groups is 1. The largest absolute Gasteiger partial charge is 0.460 e. The lowest BCUT2D eigenvalue weighted by atomic mass is 9.64. The Morgan fingerprint density at radius 1 is 1.24 bits per heavy atom. The summed E-state index contributed by atoms with van der Waals surface area (Å²) < 4.78 is 5.70. The Morgan fingerprint density at radius 2 is 1.88 bits per heavy atom. The van der Waals surface area contributed by atoms with E-state index in [2.05, 4.69) is 32.9 Å². The van der Waals surface area contributed by atoms with Crippen molar-refractivity contribution in [3.05, 3.63) is 35.9 Å². The molecule has 1 aliphatic rings. The summed E-state index contributed by atoms with van der Waals surface area (Å²) in [4.78, 5) is 23.4. The second-order valence-corrected chi connectivity index (χ2v) is 8.01. The molecule has 1 N–H and O–H groups in total. The minimum absolute atomic E-state index is 0.141. The number of hydrogen-bond donors (Lipinski definition) is 1. The van der Waals surface area contributed by atoms with E-state index in [-0.39, 0.29) is 29.6 Å². The van der Waals surface area contributed by atoms with Crippen LogP contribution in [0, 0.1) is 11.8 Å². The van der Waals surface area contributed by atoms with Crippen LogP contribution in [0.1, 0.15) is 58.9 Å². The maximum absolute atomic E-state index is 12.2. The van der Waals surface area contributed by atoms with E-state index in [0.29, 0.717) is 5.92 Å². The van der Waals surface area contributed by atoms with Gasteiger partial charge in [0.1, 0.15) is 11.9 Å². The summed E-state index contributed by atoms with van der Waals surface area (Å²) in [5.74, 6) is -0.240. The van der Waals surface area contributed by atoms with E-state index in [1.165, 1.54) is 12.5 Å². The number of hydrogen-bond acceptors (Lipinski definition) is 4. The number of aliphatic hydroxyl groups excluding tert-OH is 1. The fourth-order valence-electron chi connectivity index (χ4n) is 3.95. The molecule has 0 radical (unpaired) electrons. The van der Waals surface area contributed by atoms with E-state index < -0.39 is 12.1 Å². The number of carbonyl (C=O) groups is 2. The first-order chi connectivity index (χ1) is 11.7. The van der Waals surface area contributed by atoms with Crippen molar-refractivity contribution in [2.24, 2.45) is 11.8 Å². The van der Waals surface area contributed by atoms with Gasteiger partial charge >= 0.3 is 5.97 Å². The Kier molecular flexibility index (Phi) is 6.39. The zero-order chi connectivity index (χ0) is 18.6. The summed E-state index contributed by atoms with van der Waals surface area (Å²) in [6, 6.07) is 10.3. The number of ketones is 1. The summed E-state index contributed by atoms with van der Waals surface area (Å²) in [6.45, 7) is 7.91. The van der Waals surface area contributed by atoms with Gasteiger partial charge in [-0.2, -0.15) is 0 Å². The Hall–Kier alpha value is -1.68. The topological polar surface area (TPSA) is 63.6 Å². The van der Waals surface area contributed by atoms with Gasteiger partial charge in [-0.15, -0.1) is 0 Å². The second kappa shape index (κ2) is 8.13. The number of Topliss-reactive ketones (excluding diaryl/α,β-unsaturated/α-hetero) is 1. The van der Waals surface area contributed by atoms with Gasteiger partial charge in [0.25, 0.3) is 0 Å². The smallest absolute Gasteiger partial charge is 0.335 e. The molecule has 0 saturated heterocycles. The fourth-order valence-corrected chi connectivity index (χ4v) is 3.95. The van der Waals surface area contributed by atoms with Gasteiger partial charge in [-0.3, -0.25) is 4.79 Å². The van der Waals surface area contributed by atoms with Crippen LogP contribution in [0.25, 0.3) is 0 Å². The number of esters is 1. The fraction of sp³-hybridized carbons (Fsp3) is 0.619. The molecule has 0 bridgehead atoms. The van der Waals surface area contributed by atoms with E-state index in [9.17, 15) is 14.7 Å². The van der Waals surface area contributed by atoms with Gasteiger partial charge in [-0.25, -0.2) is 4.79 Å². The third kappa shape index (κ3) is 4.91. The summed E-state index contributed by atoms with van der Waals surface area (Å²) >= 11 is 0. The molecule has 2 rings (SSSR count). The van der Waals surface area contributed by atoms with Gasteiger partial charge in [0.2, 0.25) is 0 Å². The molecule has 1 aromatic carbocycles. The van der Waals surface area contributed by atoms with Crippen molar-refractivity contribution >= 4 is 11.8 Å². The van der Waals surface area contributed by atoms with Gasteiger partial charge in [0, 0.05) is 12.3 Å². The van der Waals surface area contributed by atoms with Crippen LogP contribution in [0.15, 0.2) is 30.3 Å². The second-order valence-electron chi connectivity index (χ2n) is 8.01. The molecule has 25 heavy (non-hydrogen) atoms. The SMILES string of the molecule is CC(=O)C[C@@H](O)C(=O)OC1CC(C)CCC1C(C)(C)c1ccccc1. The van der Waals surface area contributed by atoms with E-state index >= 15 is 0 Å². The number of rotatable bonds is 6. The molecule has 1 fully saturated rings. The molecule has 0 amide bonds. The van der Waals surface area contributed by atoms with Crippen molar-refractivity contribution in [3.8, 4) is 0 Å². The highest BCUT2D eigenvalue weighted by Crippen LogP contribution is 2.43. The molecule has 0 heterocycles. The molecular weight excluding hydrogens is 316 g/mol. The van der Waals surface area contributed by atoms with Crippen LogP contribution in [0.4, 0.5) is 0 Å². The van der Waals surface area contributed by atoms with Gasteiger partial charge in [-0.05, 0) is 36.7 Å². The van der Waals surface area contributed by atoms with Crippen LogP contribution >= 0.6 is 0 Å². The predicted octanol–water partition coefficient (Wildman–Crippen LogP) is 3.65. The molecular formula is C21H30O4. The maximum atomic E-state index is 12.2. The standard InChI is InChI=1S/C21H30O4/c1-14-10-11-17(21(3,4)16-8-6-5-7-9-16)19(12-14)25-20(24)18(23)13-15(2)22/h5-9,14,17-19,23H,10-13H2,1-4H3/t14?,17?,18-,19?/m1/s1. The Balaban J connectivity index is 2.17. The minimum atomic E-state index is -1.37. The minimum Gasteiger partial charge on any atom is -0.460 e. The summed E-state index contributed by atoms with van der Waals surface area (Å²) in [6.07, 6.45) is 1.07. The molecule has 0 aliphatic heterocycles. The van der Waals surface area contributed by atoms with Crippen LogP contribution in [0.5, 0.6) is 0 Å². The molecule has 0 aromatic heterocycles. The van der Waals surface area contributed by atoms with Crippen molar-refractivity contribution in [1.29, 1.82) is 0 Å². The van der Waals surface area contributed by atoms with Crippen LogP contribution in [0.3, 0.4) is 0 Å². The average molecular weight is 346 g/mol. The summed E-state index contributed by atoms with van der Waals surface area (Å²) in [5, 5.41) is 9.90. The van der Waals surface area contributed by atoms with Crippen molar-refractivity contribution in [1.82, 2.24) is 0 Å². The lowest BCUT2D eigenvalue weighted by Crippen LogP contribution is -2.44. The monoisotopic (exact) mass is 346 g/mol. The Labute approximate surface area is 150 Å². The molecule has 0 spiro atoms. The molecule has 1 saturated carbocycles. The van der Waals surface area contributed by atoms with E-state index in [1.807, 2.05) is 18.2 Å². The van der Waals surface area contributed by atoms with Crippen LogP contribution in [-0.2, 0) is 19.7 Å². The first-order valence-electron chi connectivity index (χ1n) is 9.15. The highest BCUT2D eigenvalue weighted by atomic mass is 16.6. The van der Waals surface area contributed by atoms with Crippen molar-refractivity contribution in [2.45, 2.75) is 71.0 Å². The predicted molar refractivity (Wildman–Crippen MR) is 97.2 cm³/mol. The van der Waals surface area contributed by atoms with Crippen LogP contribution < -0.4 is 0 Å².